The summed E-state index contributed by atoms with van der Waals surface area (Å²) in [7, 11) is -1.67. The molecule has 0 saturated heterocycles. The van der Waals surface area contributed by atoms with Gasteiger partial charge in [-0.1, -0.05) is 20.8 Å². The number of sulfone groups is 1. The SMILES string of the molecule is COc1ccc(OCCS(=O)(=O)Cc2csc(C(C)(C)C)n2)cc1. The number of nitrogens with zero attached hydrogens (tertiary/aromatic N) is 1. The predicted octanol–water partition coefficient (Wildman–Crippen LogP) is 3.44. The molecule has 0 unspecified atom stereocenters. The number of hydrogen-bond donors (Lipinski definition) is 0. The first-order chi connectivity index (χ1) is 11.2. The summed E-state index contributed by atoms with van der Waals surface area (Å²) in [5.74, 6) is 1.26. The Labute approximate surface area is 147 Å². The lowest BCUT2D eigenvalue weighted by Crippen LogP contribution is -2.16. The van der Waals surface area contributed by atoms with Gasteiger partial charge in [-0.3, -0.25) is 0 Å². The van der Waals surface area contributed by atoms with Crippen LogP contribution in [-0.2, 0) is 21.0 Å². The molecule has 0 fully saturated rings. The third kappa shape index (κ3) is 5.49. The van der Waals surface area contributed by atoms with E-state index in [-0.39, 0.29) is 23.5 Å². The van der Waals surface area contributed by atoms with Crippen LogP contribution in [0.1, 0.15) is 31.5 Å². The Morgan fingerprint density at radius 3 is 2.29 bits per heavy atom. The van der Waals surface area contributed by atoms with Crippen molar-refractivity contribution in [1.82, 2.24) is 4.98 Å². The van der Waals surface area contributed by atoms with Gasteiger partial charge in [-0.15, -0.1) is 11.3 Å². The largest absolute Gasteiger partial charge is 0.497 e. The Morgan fingerprint density at radius 1 is 1.12 bits per heavy atom. The molecule has 5 nitrogen and oxygen atoms in total. The summed E-state index contributed by atoms with van der Waals surface area (Å²) < 4.78 is 35.0. The molecule has 0 aliphatic heterocycles. The average Bonchev–Trinajstić information content (AvgIpc) is 2.95. The molecular weight excluding hydrogens is 346 g/mol. The van der Waals surface area contributed by atoms with Crippen molar-refractivity contribution in [2.75, 3.05) is 19.5 Å². The lowest BCUT2D eigenvalue weighted by atomic mass is 9.98. The van der Waals surface area contributed by atoms with Gasteiger partial charge in [-0.25, -0.2) is 13.4 Å². The molecule has 24 heavy (non-hydrogen) atoms. The zero-order chi connectivity index (χ0) is 17.8. The van der Waals surface area contributed by atoms with Gasteiger partial charge in [0.15, 0.2) is 9.84 Å². The fourth-order valence-electron chi connectivity index (χ4n) is 1.97. The first-order valence-corrected chi connectivity index (χ1v) is 10.3. The van der Waals surface area contributed by atoms with E-state index in [4.69, 9.17) is 9.47 Å². The minimum Gasteiger partial charge on any atom is -0.497 e. The van der Waals surface area contributed by atoms with Crippen LogP contribution in [0.4, 0.5) is 0 Å². The summed E-state index contributed by atoms with van der Waals surface area (Å²) in [4.78, 5) is 4.44. The van der Waals surface area contributed by atoms with Crippen LogP contribution < -0.4 is 9.47 Å². The Balaban J connectivity index is 1.88. The monoisotopic (exact) mass is 369 g/mol. The van der Waals surface area contributed by atoms with E-state index in [1.165, 1.54) is 11.3 Å². The molecule has 2 aromatic rings. The zero-order valence-corrected chi connectivity index (χ0v) is 16.0. The number of methoxy groups -OCH3 is 1. The van der Waals surface area contributed by atoms with Crippen molar-refractivity contribution < 1.29 is 17.9 Å². The molecule has 1 aromatic carbocycles. The maximum atomic E-state index is 12.2. The standard InChI is InChI=1S/C17H23NO4S2/c1-17(2,3)16-18-13(11-23-16)12-24(19,20)10-9-22-15-7-5-14(21-4)6-8-15/h5-8,11H,9-10,12H2,1-4H3. The quantitative estimate of drug-likeness (QED) is 0.748. The molecule has 1 aromatic heterocycles. The summed E-state index contributed by atoms with van der Waals surface area (Å²) in [6, 6.07) is 7.04. The Bertz CT molecular complexity index is 759. The number of thiazole rings is 1. The summed E-state index contributed by atoms with van der Waals surface area (Å²) in [5, 5.41) is 2.77. The molecule has 0 atom stereocenters. The Hall–Kier alpha value is -1.60. The average molecular weight is 370 g/mol. The molecule has 2 rings (SSSR count). The zero-order valence-electron chi connectivity index (χ0n) is 14.4. The first kappa shape index (κ1) is 18.7. The van der Waals surface area contributed by atoms with Crippen molar-refractivity contribution in [2.45, 2.75) is 31.9 Å². The van der Waals surface area contributed by atoms with E-state index in [0.717, 1.165) is 10.8 Å². The molecule has 0 spiro atoms. The predicted molar refractivity (Wildman–Crippen MR) is 96.8 cm³/mol. The third-order valence-electron chi connectivity index (χ3n) is 3.28. The molecule has 0 aliphatic carbocycles. The van der Waals surface area contributed by atoms with Gasteiger partial charge in [-0.05, 0) is 24.3 Å². The van der Waals surface area contributed by atoms with Gasteiger partial charge in [0, 0.05) is 10.8 Å². The van der Waals surface area contributed by atoms with E-state index >= 15 is 0 Å². The van der Waals surface area contributed by atoms with Gasteiger partial charge < -0.3 is 9.47 Å². The first-order valence-electron chi connectivity index (χ1n) is 7.62. The van der Waals surface area contributed by atoms with E-state index in [0.29, 0.717) is 11.4 Å². The lowest BCUT2D eigenvalue weighted by molar-refractivity contribution is 0.339. The van der Waals surface area contributed by atoms with Crippen LogP contribution in [-0.4, -0.2) is 32.9 Å². The summed E-state index contributed by atoms with van der Waals surface area (Å²) in [5.41, 5.74) is 0.541. The Kier molecular flexibility index (Phi) is 5.87. The number of ether oxygens (including phenoxy) is 2. The van der Waals surface area contributed by atoms with Crippen LogP contribution in [0.3, 0.4) is 0 Å². The van der Waals surface area contributed by atoms with Crippen molar-refractivity contribution in [3.05, 3.63) is 40.3 Å². The minimum absolute atomic E-state index is 0.0403. The number of benzene rings is 1. The second-order valence-corrected chi connectivity index (χ2v) is 9.55. The van der Waals surface area contributed by atoms with Crippen molar-refractivity contribution in [1.29, 1.82) is 0 Å². The molecule has 0 bridgehead atoms. The molecular formula is C17H23NO4S2. The lowest BCUT2D eigenvalue weighted by Gasteiger charge is -2.13. The highest BCUT2D eigenvalue weighted by Crippen LogP contribution is 2.26. The van der Waals surface area contributed by atoms with Crippen molar-refractivity contribution in [3.8, 4) is 11.5 Å². The van der Waals surface area contributed by atoms with Crippen molar-refractivity contribution in [3.63, 3.8) is 0 Å². The molecule has 0 saturated carbocycles. The van der Waals surface area contributed by atoms with E-state index in [2.05, 4.69) is 25.8 Å². The van der Waals surface area contributed by atoms with Crippen LogP contribution in [0, 0.1) is 0 Å². The van der Waals surface area contributed by atoms with Gasteiger partial charge >= 0.3 is 0 Å². The van der Waals surface area contributed by atoms with Crippen molar-refractivity contribution in [2.24, 2.45) is 0 Å². The van der Waals surface area contributed by atoms with E-state index in [9.17, 15) is 8.42 Å². The van der Waals surface area contributed by atoms with Crippen LogP contribution in [0.2, 0.25) is 0 Å². The second kappa shape index (κ2) is 7.53. The molecule has 0 radical (unpaired) electrons. The molecule has 7 heteroatoms. The van der Waals surface area contributed by atoms with Crippen LogP contribution >= 0.6 is 11.3 Å². The molecule has 0 amide bonds. The van der Waals surface area contributed by atoms with Crippen LogP contribution in [0.5, 0.6) is 11.5 Å². The summed E-state index contributed by atoms with van der Waals surface area (Å²) in [6.45, 7) is 6.30. The number of aromatic nitrogens is 1. The van der Waals surface area contributed by atoms with Gasteiger partial charge in [0.1, 0.15) is 18.1 Å². The normalized spacial score (nSPS) is 12.2. The minimum atomic E-state index is -3.26. The van der Waals surface area contributed by atoms with Gasteiger partial charge in [0.25, 0.3) is 0 Å². The number of rotatable bonds is 7. The van der Waals surface area contributed by atoms with E-state index in [1.807, 2.05) is 5.38 Å². The second-order valence-electron chi connectivity index (χ2n) is 6.51. The highest BCUT2D eigenvalue weighted by Gasteiger charge is 2.20. The topological polar surface area (TPSA) is 65.5 Å². The van der Waals surface area contributed by atoms with Crippen molar-refractivity contribution >= 4 is 21.2 Å². The number of hydrogen-bond acceptors (Lipinski definition) is 6. The van der Waals surface area contributed by atoms with E-state index in [1.54, 1.807) is 31.4 Å². The highest BCUT2D eigenvalue weighted by atomic mass is 32.2. The fraction of sp³-hybridized carbons (Fsp3) is 0.471. The third-order valence-corrected chi connectivity index (χ3v) is 6.12. The van der Waals surface area contributed by atoms with Gasteiger partial charge in [-0.2, -0.15) is 0 Å². The maximum Gasteiger partial charge on any atom is 0.159 e. The maximum absolute atomic E-state index is 12.2. The highest BCUT2D eigenvalue weighted by molar-refractivity contribution is 7.90. The fourth-order valence-corrected chi connectivity index (χ4v) is 4.07. The van der Waals surface area contributed by atoms with E-state index < -0.39 is 9.84 Å². The van der Waals surface area contributed by atoms with Crippen LogP contribution in [0.25, 0.3) is 0 Å². The summed E-state index contributed by atoms with van der Waals surface area (Å²) >= 11 is 1.50. The molecule has 1 heterocycles. The molecule has 0 N–H and O–H groups in total. The molecule has 132 valence electrons. The van der Waals surface area contributed by atoms with Crippen LogP contribution in [0.15, 0.2) is 29.6 Å². The van der Waals surface area contributed by atoms with Gasteiger partial charge in [0.05, 0.1) is 29.3 Å². The molecule has 0 aliphatic rings. The Morgan fingerprint density at radius 2 is 1.75 bits per heavy atom. The summed E-state index contributed by atoms with van der Waals surface area (Å²) in [6.07, 6.45) is 0. The van der Waals surface area contributed by atoms with Gasteiger partial charge in [0.2, 0.25) is 0 Å². The smallest absolute Gasteiger partial charge is 0.159 e.